The molecule has 202 valence electrons. The minimum Gasteiger partial charge on any atom is -0.369 e. The van der Waals surface area contributed by atoms with Crippen molar-refractivity contribution in [3.8, 4) is 11.3 Å². The molecule has 8 heteroatoms. The molecule has 0 radical (unpaired) electrons. The lowest BCUT2D eigenvalue weighted by molar-refractivity contribution is -0.117. The number of benzene rings is 2. The quantitative estimate of drug-likeness (QED) is 0.400. The van der Waals surface area contributed by atoms with Gasteiger partial charge in [0.05, 0.1) is 17.9 Å². The maximum atomic E-state index is 12.6. The van der Waals surface area contributed by atoms with Gasteiger partial charge >= 0.3 is 0 Å². The van der Waals surface area contributed by atoms with Gasteiger partial charge in [-0.2, -0.15) is 0 Å². The molecule has 4 heterocycles. The second-order valence-electron chi connectivity index (χ2n) is 10.6. The van der Waals surface area contributed by atoms with Gasteiger partial charge in [-0.3, -0.25) is 14.6 Å². The van der Waals surface area contributed by atoms with Crippen molar-refractivity contribution in [1.82, 2.24) is 24.1 Å². The van der Waals surface area contributed by atoms with Crippen molar-refractivity contribution in [3.05, 3.63) is 84.7 Å². The molecule has 2 aliphatic rings. The highest BCUT2D eigenvalue weighted by Crippen LogP contribution is 2.28. The number of pyridine rings is 1. The number of rotatable bonds is 7. The van der Waals surface area contributed by atoms with Crippen LogP contribution < -0.4 is 10.2 Å². The van der Waals surface area contributed by atoms with E-state index < -0.39 is 0 Å². The summed E-state index contributed by atoms with van der Waals surface area (Å²) in [5.41, 5.74) is 6.33. The van der Waals surface area contributed by atoms with Crippen LogP contribution in [0.3, 0.4) is 0 Å². The number of likely N-dealkylation sites (N-methyl/N-ethyl adjacent to an activating group) is 1. The Hall–Kier alpha value is -3.72. The standard InChI is InChI=1S/C31H37N7O/c1-34-15-17-36(18-16-34)24-30(39)32-26-12-10-25(11-13-26)31-28(38-14-6-5-9-29(38)33-31)23-35-19-21-37(22-20-35)27-7-3-2-4-8-27/h2-14H,15-24H2,1H3,(H,32,39). The van der Waals surface area contributed by atoms with Crippen molar-refractivity contribution >= 4 is 22.9 Å². The van der Waals surface area contributed by atoms with Crippen LogP contribution in [0, 0.1) is 0 Å². The Morgan fingerprint density at radius 3 is 2.23 bits per heavy atom. The third-order valence-electron chi connectivity index (χ3n) is 7.90. The lowest BCUT2D eigenvalue weighted by atomic mass is 10.1. The molecular formula is C31H37N7O. The van der Waals surface area contributed by atoms with Gasteiger partial charge in [0.1, 0.15) is 5.65 Å². The van der Waals surface area contributed by atoms with E-state index in [1.165, 1.54) is 11.4 Å². The largest absolute Gasteiger partial charge is 0.369 e. The molecule has 0 saturated carbocycles. The molecule has 6 rings (SSSR count). The Morgan fingerprint density at radius 1 is 0.795 bits per heavy atom. The molecular weight excluding hydrogens is 486 g/mol. The Kier molecular flexibility index (Phi) is 7.58. The third-order valence-corrected chi connectivity index (χ3v) is 7.90. The SMILES string of the molecule is CN1CCN(CC(=O)Nc2ccc(-c3nc4ccccn4c3CN3CCN(c4ccccc4)CC3)cc2)CC1. The van der Waals surface area contributed by atoms with Crippen LogP contribution in [0.2, 0.25) is 0 Å². The summed E-state index contributed by atoms with van der Waals surface area (Å²) >= 11 is 0. The molecule has 2 aromatic heterocycles. The van der Waals surface area contributed by atoms with E-state index >= 15 is 0 Å². The zero-order valence-electron chi connectivity index (χ0n) is 22.7. The summed E-state index contributed by atoms with van der Waals surface area (Å²) in [5.74, 6) is 0.0374. The van der Waals surface area contributed by atoms with Crippen molar-refractivity contribution in [2.45, 2.75) is 6.54 Å². The van der Waals surface area contributed by atoms with Crippen LogP contribution in [0.5, 0.6) is 0 Å². The summed E-state index contributed by atoms with van der Waals surface area (Å²) in [5, 5.41) is 3.07. The van der Waals surface area contributed by atoms with Gasteiger partial charge in [0.25, 0.3) is 0 Å². The van der Waals surface area contributed by atoms with Gasteiger partial charge in [-0.05, 0) is 43.4 Å². The first-order chi connectivity index (χ1) is 19.1. The van der Waals surface area contributed by atoms with Gasteiger partial charge in [0.15, 0.2) is 0 Å². The number of hydrogen-bond acceptors (Lipinski definition) is 6. The molecule has 2 fully saturated rings. The minimum atomic E-state index is 0.0374. The number of piperazine rings is 2. The fourth-order valence-corrected chi connectivity index (χ4v) is 5.56. The summed E-state index contributed by atoms with van der Waals surface area (Å²) in [6.45, 7) is 9.19. The Morgan fingerprint density at radius 2 is 1.49 bits per heavy atom. The predicted molar refractivity (Wildman–Crippen MR) is 157 cm³/mol. The van der Waals surface area contributed by atoms with Crippen LogP contribution in [0.25, 0.3) is 16.9 Å². The molecule has 1 amide bonds. The number of carbonyl (C=O) groups is 1. The van der Waals surface area contributed by atoms with Gasteiger partial charge < -0.3 is 19.5 Å². The van der Waals surface area contributed by atoms with Crippen LogP contribution in [-0.2, 0) is 11.3 Å². The first-order valence-corrected chi connectivity index (χ1v) is 13.9. The van der Waals surface area contributed by atoms with Crippen molar-refractivity contribution in [1.29, 1.82) is 0 Å². The first-order valence-electron chi connectivity index (χ1n) is 13.9. The highest BCUT2D eigenvalue weighted by molar-refractivity contribution is 5.92. The number of amides is 1. The zero-order valence-corrected chi connectivity index (χ0v) is 22.7. The lowest BCUT2D eigenvalue weighted by Gasteiger charge is -2.36. The molecule has 8 nitrogen and oxygen atoms in total. The molecule has 0 spiro atoms. The average Bonchev–Trinajstić information content (AvgIpc) is 3.34. The summed E-state index contributed by atoms with van der Waals surface area (Å²) in [6, 6.07) is 25.0. The van der Waals surface area contributed by atoms with Gasteiger partial charge in [-0.25, -0.2) is 4.98 Å². The van der Waals surface area contributed by atoms with Crippen LogP contribution in [-0.4, -0.2) is 95.9 Å². The summed E-state index contributed by atoms with van der Waals surface area (Å²) < 4.78 is 2.21. The van der Waals surface area contributed by atoms with Crippen molar-refractivity contribution in [2.75, 3.05) is 76.2 Å². The molecule has 2 aliphatic heterocycles. The van der Waals surface area contributed by atoms with E-state index in [1.807, 2.05) is 18.2 Å². The number of carbonyl (C=O) groups excluding carboxylic acids is 1. The fraction of sp³-hybridized carbons (Fsp3) is 0.355. The molecule has 0 unspecified atom stereocenters. The fourth-order valence-electron chi connectivity index (χ4n) is 5.56. The van der Waals surface area contributed by atoms with E-state index in [0.717, 1.165) is 81.5 Å². The lowest BCUT2D eigenvalue weighted by Crippen LogP contribution is -2.47. The number of imidazole rings is 1. The molecule has 2 saturated heterocycles. The molecule has 0 bridgehead atoms. The molecule has 1 N–H and O–H groups in total. The summed E-state index contributed by atoms with van der Waals surface area (Å²) in [6.07, 6.45) is 2.11. The van der Waals surface area contributed by atoms with Gasteiger partial charge in [-0.15, -0.1) is 0 Å². The maximum absolute atomic E-state index is 12.6. The van der Waals surface area contributed by atoms with Crippen molar-refractivity contribution < 1.29 is 4.79 Å². The highest BCUT2D eigenvalue weighted by atomic mass is 16.2. The number of nitrogens with one attached hydrogen (secondary N) is 1. The monoisotopic (exact) mass is 523 g/mol. The van der Waals surface area contributed by atoms with Crippen LogP contribution >= 0.6 is 0 Å². The van der Waals surface area contributed by atoms with E-state index in [4.69, 9.17) is 4.98 Å². The van der Waals surface area contributed by atoms with E-state index in [0.29, 0.717) is 6.54 Å². The Balaban J connectivity index is 1.14. The second-order valence-corrected chi connectivity index (χ2v) is 10.6. The number of aromatic nitrogens is 2. The minimum absolute atomic E-state index is 0.0374. The first kappa shape index (κ1) is 25.6. The second kappa shape index (κ2) is 11.6. The third kappa shape index (κ3) is 5.98. The van der Waals surface area contributed by atoms with Crippen molar-refractivity contribution in [2.24, 2.45) is 0 Å². The highest BCUT2D eigenvalue weighted by Gasteiger charge is 2.22. The smallest absolute Gasteiger partial charge is 0.238 e. The zero-order chi connectivity index (χ0) is 26.6. The molecule has 2 aromatic carbocycles. The van der Waals surface area contributed by atoms with Crippen LogP contribution in [0.1, 0.15) is 5.69 Å². The molecule has 0 atom stereocenters. The predicted octanol–water partition coefficient (Wildman–Crippen LogP) is 3.51. The normalized spacial score (nSPS) is 17.5. The number of para-hydroxylation sites is 1. The molecule has 0 aliphatic carbocycles. The van der Waals surface area contributed by atoms with E-state index in [2.05, 4.69) is 97.2 Å². The summed E-state index contributed by atoms with van der Waals surface area (Å²) in [4.78, 5) is 27.1. The number of nitrogens with zero attached hydrogens (tertiary/aromatic N) is 6. The van der Waals surface area contributed by atoms with Crippen molar-refractivity contribution in [3.63, 3.8) is 0 Å². The average molecular weight is 524 g/mol. The molecule has 4 aromatic rings. The van der Waals surface area contributed by atoms with E-state index in [-0.39, 0.29) is 5.91 Å². The van der Waals surface area contributed by atoms with Gasteiger partial charge in [0.2, 0.25) is 5.91 Å². The van der Waals surface area contributed by atoms with Crippen LogP contribution in [0.15, 0.2) is 79.0 Å². The topological polar surface area (TPSA) is 59.4 Å². The van der Waals surface area contributed by atoms with E-state index in [9.17, 15) is 4.79 Å². The molecule has 39 heavy (non-hydrogen) atoms. The number of anilines is 2. The maximum Gasteiger partial charge on any atom is 0.238 e. The number of fused-ring (bicyclic) bond motifs is 1. The van der Waals surface area contributed by atoms with Gasteiger partial charge in [-0.1, -0.05) is 36.4 Å². The number of hydrogen-bond donors (Lipinski definition) is 1. The van der Waals surface area contributed by atoms with Gasteiger partial charge in [0, 0.05) is 82.0 Å². The Labute approximate surface area is 230 Å². The van der Waals surface area contributed by atoms with Crippen LogP contribution in [0.4, 0.5) is 11.4 Å². The summed E-state index contributed by atoms with van der Waals surface area (Å²) in [7, 11) is 2.12. The Bertz CT molecular complexity index is 1390. The van der Waals surface area contributed by atoms with E-state index in [1.54, 1.807) is 0 Å².